The van der Waals surface area contributed by atoms with Gasteiger partial charge in [-0.05, 0) is 42.3 Å². The summed E-state index contributed by atoms with van der Waals surface area (Å²) in [6.07, 6.45) is 2.08. The zero-order valence-electron chi connectivity index (χ0n) is 21.5. The first kappa shape index (κ1) is 27.1. The van der Waals surface area contributed by atoms with Gasteiger partial charge in [-0.1, -0.05) is 60.7 Å². The lowest BCUT2D eigenvalue weighted by Gasteiger charge is -2.06. The summed E-state index contributed by atoms with van der Waals surface area (Å²) in [5, 5.41) is 24.2. The molecule has 3 aromatic carbocycles. The molecule has 0 aliphatic rings. The maximum atomic E-state index is 13.6. The molecule has 0 spiro atoms. The summed E-state index contributed by atoms with van der Waals surface area (Å²) in [6, 6.07) is 29.7. The van der Waals surface area contributed by atoms with E-state index < -0.39 is 16.4 Å². The number of amides is 1. The Kier molecular flexibility index (Phi) is 7.99. The summed E-state index contributed by atoms with van der Waals surface area (Å²) in [4.78, 5) is 37.7. The van der Waals surface area contributed by atoms with Crippen molar-refractivity contribution in [1.29, 1.82) is 5.26 Å². The summed E-state index contributed by atoms with van der Waals surface area (Å²) in [5.74, 6) is -0.0301. The largest absolute Gasteiger partial charge is 0.456 e. The quantitative estimate of drug-likeness (QED) is 0.225. The molecule has 0 aliphatic carbocycles. The number of nitro benzene ring substituents is 1. The number of hydrogen-bond acceptors (Lipinski definition) is 7. The molecule has 2 aromatic heterocycles. The van der Waals surface area contributed by atoms with Gasteiger partial charge in [0.1, 0.15) is 22.3 Å². The van der Waals surface area contributed by atoms with Crippen molar-refractivity contribution < 1.29 is 14.1 Å². The fourth-order valence-corrected chi connectivity index (χ4v) is 5.34. The van der Waals surface area contributed by atoms with E-state index in [1.807, 2.05) is 36.4 Å². The second kappa shape index (κ2) is 12.1. The van der Waals surface area contributed by atoms with Crippen molar-refractivity contribution in [3.8, 4) is 23.1 Å². The Morgan fingerprint density at radius 1 is 1.00 bits per heavy atom. The number of nitrogens with one attached hydrogen (secondary N) is 1. The van der Waals surface area contributed by atoms with E-state index >= 15 is 0 Å². The van der Waals surface area contributed by atoms with Crippen LogP contribution in [0.25, 0.3) is 28.7 Å². The van der Waals surface area contributed by atoms with E-state index in [4.69, 9.17) is 4.42 Å². The Bertz CT molecular complexity index is 1950. The van der Waals surface area contributed by atoms with E-state index in [0.717, 1.165) is 16.9 Å². The molecule has 0 fully saturated rings. The van der Waals surface area contributed by atoms with Crippen LogP contribution >= 0.6 is 11.3 Å². The van der Waals surface area contributed by atoms with Crippen LogP contribution in [-0.2, 0) is 11.2 Å². The number of carbonyl (C=O) groups is 1. The molecular formula is C31H22N4O5S. The number of nitrogens with zero attached hydrogens (tertiary/aromatic N) is 3. The number of hydrogen-bond donors (Lipinski definition) is 1. The Morgan fingerprint density at radius 3 is 2.39 bits per heavy atom. The van der Waals surface area contributed by atoms with Crippen LogP contribution in [0.15, 0.2) is 106 Å². The van der Waals surface area contributed by atoms with Gasteiger partial charge < -0.3 is 9.73 Å². The fourth-order valence-electron chi connectivity index (χ4n) is 4.26. The summed E-state index contributed by atoms with van der Waals surface area (Å²) in [6.45, 7) is 0.314. The third kappa shape index (κ3) is 5.90. The molecular weight excluding hydrogens is 540 g/mol. The van der Waals surface area contributed by atoms with Crippen LogP contribution in [0.5, 0.6) is 0 Å². The Hall–Kier alpha value is -5.53. The molecule has 1 amide bonds. The number of para-hydroxylation sites is 2. The number of nitriles is 1. The lowest BCUT2D eigenvalue weighted by molar-refractivity contribution is -0.384. The van der Waals surface area contributed by atoms with Gasteiger partial charge in [-0.25, -0.2) is 0 Å². The Balaban J connectivity index is 1.57. The van der Waals surface area contributed by atoms with E-state index in [1.54, 1.807) is 60.7 Å². The van der Waals surface area contributed by atoms with E-state index in [1.165, 1.54) is 16.7 Å². The van der Waals surface area contributed by atoms with Crippen LogP contribution in [-0.4, -0.2) is 21.9 Å². The van der Waals surface area contributed by atoms with Gasteiger partial charge in [-0.3, -0.25) is 24.3 Å². The predicted molar refractivity (Wildman–Crippen MR) is 156 cm³/mol. The van der Waals surface area contributed by atoms with Crippen LogP contribution in [0.2, 0.25) is 0 Å². The molecule has 0 unspecified atom stereocenters. The normalized spacial score (nSPS) is 12.0. The number of thiazole rings is 1. The Labute approximate surface area is 237 Å². The van der Waals surface area contributed by atoms with Gasteiger partial charge >= 0.3 is 0 Å². The molecule has 0 aliphatic heterocycles. The summed E-state index contributed by atoms with van der Waals surface area (Å²) in [7, 11) is 0. The highest BCUT2D eigenvalue weighted by Crippen LogP contribution is 2.30. The van der Waals surface area contributed by atoms with E-state index in [2.05, 4.69) is 5.32 Å². The van der Waals surface area contributed by atoms with Crippen molar-refractivity contribution in [2.75, 3.05) is 6.54 Å². The van der Waals surface area contributed by atoms with E-state index in [9.17, 15) is 25.0 Å². The van der Waals surface area contributed by atoms with E-state index in [0.29, 0.717) is 24.2 Å². The number of aromatic nitrogens is 1. The minimum Gasteiger partial charge on any atom is -0.456 e. The number of nitro groups is 1. The summed E-state index contributed by atoms with van der Waals surface area (Å²) >= 11 is 0.986. The van der Waals surface area contributed by atoms with Crippen molar-refractivity contribution in [3.05, 3.63) is 138 Å². The highest BCUT2D eigenvalue weighted by Gasteiger charge is 2.19. The van der Waals surface area contributed by atoms with Crippen molar-refractivity contribution in [2.45, 2.75) is 6.42 Å². The first-order chi connectivity index (χ1) is 20.0. The third-order valence-electron chi connectivity index (χ3n) is 6.20. The first-order valence-corrected chi connectivity index (χ1v) is 13.4. The second-order valence-electron chi connectivity index (χ2n) is 8.85. The van der Waals surface area contributed by atoms with Gasteiger partial charge in [0.2, 0.25) is 0 Å². The Morgan fingerprint density at radius 2 is 1.68 bits per heavy atom. The molecule has 5 aromatic rings. The smallest absolute Gasteiger partial charge is 0.280 e. The SMILES string of the molecule is N#C/C(C(=O)NCCc1ccccc1)=c1\s/c(=C/c2ccc(-c3ccccc3[N+](=O)[O-])o2)c(=O)n1-c1ccccc1. The monoisotopic (exact) mass is 562 g/mol. The maximum absolute atomic E-state index is 13.6. The van der Waals surface area contributed by atoms with Gasteiger partial charge in [-0.15, -0.1) is 11.3 Å². The van der Waals surface area contributed by atoms with Gasteiger partial charge in [0, 0.05) is 18.7 Å². The van der Waals surface area contributed by atoms with Crippen LogP contribution < -0.4 is 20.1 Å². The van der Waals surface area contributed by atoms with Gasteiger partial charge in [0.15, 0.2) is 5.57 Å². The number of furan rings is 1. The molecule has 0 radical (unpaired) electrons. The number of carbonyl (C=O) groups excluding carboxylic acids is 1. The van der Waals surface area contributed by atoms with Gasteiger partial charge in [0.25, 0.3) is 17.2 Å². The van der Waals surface area contributed by atoms with Crippen molar-refractivity contribution in [1.82, 2.24) is 9.88 Å². The van der Waals surface area contributed by atoms with Gasteiger partial charge in [-0.2, -0.15) is 5.26 Å². The van der Waals surface area contributed by atoms with Crippen molar-refractivity contribution in [3.63, 3.8) is 0 Å². The third-order valence-corrected chi connectivity index (χ3v) is 7.29. The molecule has 1 N–H and O–H groups in total. The maximum Gasteiger partial charge on any atom is 0.280 e. The topological polar surface area (TPSA) is 131 Å². The first-order valence-electron chi connectivity index (χ1n) is 12.6. The highest BCUT2D eigenvalue weighted by atomic mass is 32.1. The molecule has 202 valence electrons. The van der Waals surface area contributed by atoms with Crippen LogP contribution in [0.1, 0.15) is 11.3 Å². The summed E-state index contributed by atoms with van der Waals surface area (Å²) in [5.41, 5.74) is 1.10. The summed E-state index contributed by atoms with van der Waals surface area (Å²) < 4.78 is 7.58. The minimum absolute atomic E-state index is 0.107. The van der Waals surface area contributed by atoms with Crippen LogP contribution in [0.3, 0.4) is 0 Å². The zero-order valence-corrected chi connectivity index (χ0v) is 22.3. The van der Waals surface area contributed by atoms with Crippen LogP contribution in [0.4, 0.5) is 5.69 Å². The lowest BCUT2D eigenvalue weighted by Crippen LogP contribution is -2.34. The van der Waals surface area contributed by atoms with E-state index in [-0.39, 0.29) is 32.0 Å². The molecule has 5 rings (SSSR count). The molecule has 2 heterocycles. The average Bonchev–Trinajstić information content (AvgIpc) is 3.59. The molecule has 10 heteroatoms. The zero-order chi connectivity index (χ0) is 28.8. The highest BCUT2D eigenvalue weighted by molar-refractivity contribution is 7.07. The van der Waals surface area contributed by atoms with Crippen LogP contribution in [0, 0.1) is 21.4 Å². The average molecular weight is 563 g/mol. The van der Waals surface area contributed by atoms with Gasteiger partial charge in [0.05, 0.1) is 20.7 Å². The van der Waals surface area contributed by atoms with Crippen molar-refractivity contribution in [2.24, 2.45) is 0 Å². The molecule has 9 nitrogen and oxygen atoms in total. The lowest BCUT2D eigenvalue weighted by atomic mass is 10.1. The minimum atomic E-state index is -0.586. The molecule has 0 saturated heterocycles. The molecule has 0 saturated carbocycles. The van der Waals surface area contributed by atoms with Crippen molar-refractivity contribution >= 4 is 34.6 Å². The molecule has 0 atom stereocenters. The molecule has 41 heavy (non-hydrogen) atoms. The number of rotatable bonds is 8. The molecule has 0 bridgehead atoms. The number of benzene rings is 3. The standard InChI is InChI=1S/C31H22N4O5S/c32-20-25(29(36)33-18-17-21-9-3-1-4-10-21)31-34(22-11-5-2-6-12-22)30(37)28(41-31)19-23-15-16-27(40-23)24-13-7-8-14-26(24)35(38)39/h1-16,19H,17-18H2,(H,33,36)/b28-19+,31-25+. The second-order valence-corrected chi connectivity index (χ2v) is 9.88. The predicted octanol–water partition coefficient (Wildman–Crippen LogP) is 3.93. The fraction of sp³-hybridized carbons (Fsp3) is 0.0645.